The lowest BCUT2D eigenvalue weighted by Crippen LogP contribution is -2.35. The molecule has 9 unspecified atom stereocenters. The zero-order valence-electron chi connectivity index (χ0n) is 85.3. The van der Waals surface area contributed by atoms with Gasteiger partial charge in [0.05, 0.1) is 12.9 Å². The molecule has 0 saturated heterocycles. The van der Waals surface area contributed by atoms with Gasteiger partial charge in [-0.05, 0) is 224 Å². The summed E-state index contributed by atoms with van der Waals surface area (Å²) < 4.78 is 145. The molecule has 0 spiro atoms. The third-order valence-corrected chi connectivity index (χ3v) is 42.4. The van der Waals surface area contributed by atoms with Crippen LogP contribution in [0.2, 0.25) is 5.02 Å². The van der Waals surface area contributed by atoms with Gasteiger partial charge < -0.3 is 220 Å². The highest BCUT2D eigenvalue weighted by molar-refractivity contribution is 8.12. The Balaban J connectivity index is -0.000000205. The number of aliphatic hydroxyl groups is 9. The van der Waals surface area contributed by atoms with Crippen molar-refractivity contribution in [1.82, 2.24) is 29.7 Å². The molecule has 60 nitrogen and oxygen atoms in total. The smallest absolute Gasteiger partial charge is 0.360 e. The molecular formula is C71H164Cl3N9O51P14S. The predicted octanol–water partition coefficient (Wildman–Crippen LogP) is 5.50. The molecular weight excluding hydrogens is 2370 g/mol. The molecule has 3 aromatic rings. The van der Waals surface area contributed by atoms with E-state index in [1.807, 2.05) is 11.9 Å². The second-order valence-corrected chi connectivity index (χ2v) is 68.0. The zero-order chi connectivity index (χ0) is 121. The lowest BCUT2D eigenvalue weighted by atomic mass is 10.1. The third-order valence-electron chi connectivity index (χ3n) is 19.3. The number of benzene rings is 1. The van der Waals surface area contributed by atoms with E-state index in [4.69, 9.17) is 209 Å². The van der Waals surface area contributed by atoms with Crippen LogP contribution in [-0.2, 0) is 76.9 Å². The van der Waals surface area contributed by atoms with Crippen LogP contribution in [0, 0.1) is 0 Å². The number of nitrogens with one attached hydrogen (secondary N) is 1. The van der Waals surface area contributed by atoms with Gasteiger partial charge in [0.15, 0.2) is 48.6 Å². The van der Waals surface area contributed by atoms with Crippen molar-refractivity contribution in [2.45, 2.75) is 300 Å². The van der Waals surface area contributed by atoms with Crippen molar-refractivity contribution in [3.63, 3.8) is 0 Å². The number of hydrogen-bond donors (Lipinski definition) is 41. The molecule has 1 fully saturated rings. The van der Waals surface area contributed by atoms with Crippen molar-refractivity contribution in [1.29, 1.82) is 0 Å². The maximum absolute atomic E-state index is 11.0. The fraction of sp³-hybridized carbons (Fsp3) is 0.803. The number of hydrogen-bond acceptors (Lipinski definition) is 32. The summed E-state index contributed by atoms with van der Waals surface area (Å²) in [7, 11) is -55.8. The highest BCUT2D eigenvalue weighted by Gasteiger charge is 2.48. The summed E-state index contributed by atoms with van der Waals surface area (Å²) in [6.45, 7) is 19.8. The van der Waals surface area contributed by atoms with Gasteiger partial charge in [-0.25, -0.2) is 4.98 Å². The maximum atomic E-state index is 11.0. The summed E-state index contributed by atoms with van der Waals surface area (Å²) in [5.74, 6) is -2.24. The second kappa shape index (κ2) is 72.8. The normalized spacial score (nSPS) is 16.7. The Morgan fingerprint density at radius 2 is 0.779 bits per heavy atom. The van der Waals surface area contributed by atoms with Crippen LogP contribution >= 0.6 is 153 Å². The van der Waals surface area contributed by atoms with Gasteiger partial charge in [0.2, 0.25) is 8.81 Å². The number of aliphatic hydroxyl groups excluding tert-OH is 1. The van der Waals surface area contributed by atoms with Crippen molar-refractivity contribution >= 4 is 153 Å². The summed E-state index contributed by atoms with van der Waals surface area (Å²) >= 11 is 16.1. The van der Waals surface area contributed by atoms with E-state index in [1.165, 1.54) is 93.3 Å². The van der Waals surface area contributed by atoms with E-state index < -0.39 is 170 Å². The minimum Gasteiger partial charge on any atom is -0.381 e. The number of nitrogens with zero attached hydrogens (tertiary/aromatic N) is 5. The molecule has 0 bridgehead atoms. The van der Waals surface area contributed by atoms with Gasteiger partial charge in [-0.3, -0.25) is 68.9 Å². The fourth-order valence-electron chi connectivity index (χ4n) is 8.46. The van der Waals surface area contributed by atoms with Gasteiger partial charge in [0.1, 0.15) is 5.78 Å². The standard InChI is InChI=1S/C10H24NO4P.C9H20NO3P.C8H12NO4P.C7H9ClO6P2S.C7H18NO4P.C6H11N2O4P.C6H16NO4P.C5H14NO4P.C4H12NO4P.C3H9O4P.C2H5Cl2O3P.C2H7O4P.C2H7O3P/c1-4-5-6-8-11(3)9-7-10(2,12)16(13,14)15;1-8(14(11,12)13)10-9-6-4-2-3-5-7-9;1-8(10,14(11,12)13)5-7-3-2-4-9-6-7;8-5-1-3-6(4-2-5)17-7(15(9,10)11)16(12,13)14;1-7(9,13(10,11)12)5-3-2-4-6-8;1-6(9,13(10,11)12)4-8-3-2-7-5-8;1-6(8,12(9,10)11)4-5-7(2)3;1-5(7,3-2-4-6)11(8,9)10;1-4(6,2-3-5)10(7,8)9;1-3(2,4)8(5,6)7;1-2(3,4)8(5,6)7;1-2(3)7(4,5)6;1-2-6(3,4)5/h12H,4-9H2,1-3H3,(H2,13,14,15);8-10H,2-7H2,1H3,(H2,11,12,13);2-4,6,10H,5H2,1H3,(H2,11,12,13);1-4,7H,(H2,9,10,11)(H2,12,13,14);9H,2-6,8H2,1H3,(H2,10,11,12);2-3,5,9H,4H2,1H3,(H2,10,11,12);8H,4-5H2,1-3H3,(H2,9,10,11);7H,2-4,6H2,1H3,(H2,8,9,10);6H,2-3,5H2,1H3,(H2,7,8,9);4H,1-2H3,(H2,5,6,7);1H3,(H2,5,6,7);2-3H,1H3,(H2,4,5,6);2H2,1H3,(H2,3,4,5). The van der Waals surface area contributed by atoms with E-state index in [0.717, 1.165) is 121 Å². The van der Waals surface area contributed by atoms with E-state index in [0.29, 0.717) is 72.3 Å². The summed E-state index contributed by atoms with van der Waals surface area (Å²) in [5, 5.41) is 69.9. The monoisotopic (exact) mass is 2530 g/mol. The number of aromatic nitrogens is 3. The van der Waals surface area contributed by atoms with Gasteiger partial charge in [0.25, 0.3) is 0 Å². The largest absolute Gasteiger partial charge is 0.381 e. The summed E-state index contributed by atoms with van der Waals surface area (Å²) in [4.78, 5) is 252. The Labute approximate surface area is 885 Å². The van der Waals surface area contributed by atoms with Crippen molar-refractivity contribution < 1.29 is 247 Å². The number of halogens is 3. The van der Waals surface area contributed by atoms with E-state index >= 15 is 0 Å². The van der Waals surface area contributed by atoms with Crippen molar-refractivity contribution in [3.8, 4) is 0 Å². The number of unbranched alkanes of at least 4 members (excludes halogenated alkanes) is 4. The minimum absolute atomic E-state index is 0.0216. The Bertz CT molecular complexity index is 4790. The van der Waals surface area contributed by atoms with E-state index in [2.05, 4.69) is 22.2 Å². The SMILES string of the molecule is CC(C)(O)P(=O)(O)O.CC(Cl)(Cl)P(=O)(O)O.CC(NC1CCCCCC1)P(=O)(O)O.CC(O)(CCCCCN)P(=O)(O)O.CC(O)(CCCN)P(=O)(O)O.CC(O)(CCN)P(=O)(O)O.CC(O)(Cc1cccnc1)P(=O)(O)O.CC(O)(Cn1ccnc1)P(=O)(O)O.CC(O)P(=O)(O)O.CCCCCN(C)CCC(C)(O)P(=O)(O)O.CCP(=O)(O)O.CN(C)CCC(C)(O)P(=O)(O)O.O=P(O)(O)C(Sc1ccc(Cl)cc1)P(=O)(O)O. The molecule has 896 valence electrons. The summed E-state index contributed by atoms with van der Waals surface area (Å²) in [6, 6.07) is 9.35. The topological polar surface area (TPSA) is 1110 Å². The first-order chi connectivity index (χ1) is 65.6. The van der Waals surface area contributed by atoms with Gasteiger partial charge in [-0.1, -0.05) is 111 Å². The number of nitrogens with two attached hydrogens (primary N) is 3. The lowest BCUT2D eigenvalue weighted by molar-refractivity contribution is 0.0890. The van der Waals surface area contributed by atoms with Gasteiger partial charge >= 0.3 is 106 Å². The molecule has 1 aromatic carbocycles. The average Bonchev–Trinajstić information content (AvgIpc) is 1.78. The van der Waals surface area contributed by atoms with Crippen molar-refractivity contribution in [2.75, 3.05) is 66.6 Å². The Hall–Kier alpha value is 0.300. The third kappa shape index (κ3) is 85.0. The molecule has 0 radical (unpaired) electrons. The molecule has 4 rings (SSSR count). The molecule has 1 aliphatic rings. The second-order valence-electron chi connectivity index (χ2n) is 35.3. The van der Waals surface area contributed by atoms with E-state index in [9.17, 15) is 89.4 Å². The van der Waals surface area contributed by atoms with Gasteiger partial charge in [-0.15, -0.1) is 0 Å². The lowest BCUT2D eigenvalue weighted by Gasteiger charge is -2.26. The van der Waals surface area contributed by atoms with E-state index in [-0.39, 0.29) is 57.8 Å². The number of pyridine rings is 1. The Kier molecular flexibility index (Phi) is 81.5. The molecule has 9 atom stereocenters. The first-order valence-electron chi connectivity index (χ1n) is 43.6. The van der Waals surface area contributed by atoms with Gasteiger partial charge in [-0.2, -0.15) is 0 Å². The number of imidazole rings is 1. The number of alkyl halides is 2. The Morgan fingerprint density at radius 3 is 1.05 bits per heavy atom. The molecule has 78 heteroatoms. The molecule has 2 aromatic heterocycles. The molecule has 149 heavy (non-hydrogen) atoms. The van der Waals surface area contributed by atoms with Crippen LogP contribution in [0.5, 0.6) is 0 Å². The van der Waals surface area contributed by atoms with Crippen LogP contribution < -0.4 is 22.5 Å². The molecule has 44 N–H and O–H groups in total. The summed E-state index contributed by atoms with van der Waals surface area (Å²) in [6.07, 6.45) is 20.3. The first-order valence-corrected chi connectivity index (χ1v) is 68.7. The number of thioether (sulfide) groups is 1. The average molecular weight is 2530 g/mol. The highest BCUT2D eigenvalue weighted by atomic mass is 35.5. The van der Waals surface area contributed by atoms with Crippen molar-refractivity contribution in [2.24, 2.45) is 17.2 Å². The van der Waals surface area contributed by atoms with E-state index in [1.54, 1.807) is 44.2 Å². The highest BCUT2D eigenvalue weighted by Crippen LogP contribution is 2.66. The van der Waals surface area contributed by atoms with Crippen LogP contribution in [0.15, 0.2) is 72.4 Å². The van der Waals surface area contributed by atoms with Crippen LogP contribution in [0.3, 0.4) is 0 Å². The molecule has 0 amide bonds. The predicted molar refractivity (Wildman–Crippen MR) is 561 cm³/mol. The summed E-state index contributed by atoms with van der Waals surface area (Å²) in [5.41, 5.74) is 16.0. The molecule has 1 aliphatic carbocycles. The molecule has 1 saturated carbocycles. The van der Waals surface area contributed by atoms with Gasteiger partial charge in [0, 0.05) is 79.3 Å². The fourth-order valence-corrected chi connectivity index (χ4v) is 15.8. The molecule has 0 aliphatic heterocycles. The zero-order valence-corrected chi connectivity index (χ0v) is 101. The van der Waals surface area contributed by atoms with Crippen LogP contribution in [0.25, 0.3) is 0 Å². The first kappa shape index (κ1) is 167. The Morgan fingerprint density at radius 1 is 0.430 bits per heavy atom. The van der Waals surface area contributed by atoms with Crippen LogP contribution in [0.4, 0.5) is 0 Å². The maximum Gasteiger partial charge on any atom is 0.360 e. The minimum atomic E-state index is -4.91. The number of rotatable bonds is 42. The van der Waals surface area contributed by atoms with Crippen LogP contribution in [-0.4, -0.2) is 343 Å². The van der Waals surface area contributed by atoms with Crippen molar-refractivity contribution in [3.05, 3.63) is 78.1 Å². The van der Waals surface area contributed by atoms with Crippen LogP contribution in [0.1, 0.15) is 218 Å². The molecule has 2 heterocycles. The quantitative estimate of drug-likeness (QED) is 0.0109.